The Morgan fingerprint density at radius 1 is 1.59 bits per heavy atom. The topological polar surface area (TPSA) is 71.7 Å². The lowest BCUT2D eigenvalue weighted by atomic mass is 10.2. The molecule has 2 N–H and O–H groups in total. The average Bonchev–Trinajstić information content (AvgIpc) is 2.72. The summed E-state index contributed by atoms with van der Waals surface area (Å²) in [6.45, 7) is 2.88. The molecule has 5 nitrogen and oxygen atoms in total. The largest absolute Gasteiger partial charge is 0.469 e. The number of aliphatic hydroxyl groups is 1. The van der Waals surface area contributed by atoms with Gasteiger partial charge in [0.05, 0.1) is 19.8 Å². The molecule has 0 aliphatic carbocycles. The quantitative estimate of drug-likeness (QED) is 0.697. The van der Waals surface area contributed by atoms with E-state index in [4.69, 9.17) is 4.42 Å². The van der Waals surface area contributed by atoms with Crippen LogP contribution in [0.25, 0.3) is 0 Å². The van der Waals surface area contributed by atoms with Crippen LogP contribution in [0.3, 0.4) is 0 Å². The van der Waals surface area contributed by atoms with Gasteiger partial charge in [0, 0.05) is 13.0 Å². The number of methoxy groups -OCH3 is 1. The summed E-state index contributed by atoms with van der Waals surface area (Å²) in [5.74, 6) is 1.40. The Labute approximate surface area is 101 Å². The predicted octanol–water partition coefficient (Wildman–Crippen LogP) is 0.992. The van der Waals surface area contributed by atoms with Gasteiger partial charge in [0.15, 0.2) is 0 Å². The molecular formula is C12H19NO4. The van der Waals surface area contributed by atoms with Crippen LogP contribution in [0.15, 0.2) is 16.5 Å². The molecule has 1 aromatic heterocycles. The fourth-order valence-electron chi connectivity index (χ4n) is 1.43. The second-order valence-corrected chi connectivity index (χ2v) is 3.91. The van der Waals surface area contributed by atoms with Crippen molar-refractivity contribution in [3.63, 3.8) is 0 Å². The number of carbonyl (C=O) groups excluding carboxylic acids is 1. The van der Waals surface area contributed by atoms with Gasteiger partial charge in [-0.25, -0.2) is 0 Å². The van der Waals surface area contributed by atoms with E-state index in [9.17, 15) is 9.90 Å². The van der Waals surface area contributed by atoms with Crippen LogP contribution in [0.5, 0.6) is 0 Å². The molecule has 0 amide bonds. The number of esters is 1. The summed E-state index contributed by atoms with van der Waals surface area (Å²) in [6.07, 6.45) is 0.0842. The minimum Gasteiger partial charge on any atom is -0.469 e. The van der Waals surface area contributed by atoms with E-state index < -0.39 is 6.10 Å². The molecule has 1 heterocycles. The van der Waals surface area contributed by atoms with Gasteiger partial charge in [0.2, 0.25) is 0 Å². The molecule has 0 aromatic carbocycles. The van der Waals surface area contributed by atoms with E-state index in [1.165, 1.54) is 7.11 Å². The van der Waals surface area contributed by atoms with Gasteiger partial charge in [-0.3, -0.25) is 4.79 Å². The summed E-state index contributed by atoms with van der Waals surface area (Å²) in [7, 11) is 1.34. The summed E-state index contributed by atoms with van der Waals surface area (Å²) in [5.41, 5.74) is 0. The molecule has 0 aliphatic rings. The normalized spacial score (nSPS) is 12.4. The lowest BCUT2D eigenvalue weighted by Gasteiger charge is -2.10. The van der Waals surface area contributed by atoms with Crippen LogP contribution in [-0.2, 0) is 16.1 Å². The summed E-state index contributed by atoms with van der Waals surface area (Å²) in [6, 6.07) is 3.79. The van der Waals surface area contributed by atoms with Crippen molar-refractivity contribution in [1.29, 1.82) is 0 Å². The zero-order chi connectivity index (χ0) is 12.7. The Morgan fingerprint density at radius 2 is 2.35 bits per heavy atom. The number of carbonyl (C=O) groups is 1. The van der Waals surface area contributed by atoms with Crippen molar-refractivity contribution in [2.45, 2.75) is 32.4 Å². The first kappa shape index (κ1) is 13.7. The van der Waals surface area contributed by atoms with Gasteiger partial charge in [-0.2, -0.15) is 0 Å². The van der Waals surface area contributed by atoms with Crippen molar-refractivity contribution < 1.29 is 19.1 Å². The smallest absolute Gasteiger partial charge is 0.305 e. The first-order valence-corrected chi connectivity index (χ1v) is 5.62. The van der Waals surface area contributed by atoms with Crippen molar-refractivity contribution >= 4 is 5.97 Å². The second-order valence-electron chi connectivity index (χ2n) is 3.91. The van der Waals surface area contributed by atoms with Crippen molar-refractivity contribution in [3.8, 4) is 0 Å². The zero-order valence-corrected chi connectivity index (χ0v) is 10.2. The van der Waals surface area contributed by atoms with Crippen molar-refractivity contribution in [3.05, 3.63) is 23.7 Å². The van der Waals surface area contributed by atoms with Crippen molar-refractivity contribution in [1.82, 2.24) is 5.32 Å². The molecule has 96 valence electrons. The Morgan fingerprint density at radius 3 is 2.94 bits per heavy atom. The fourth-order valence-corrected chi connectivity index (χ4v) is 1.43. The average molecular weight is 241 g/mol. The number of nitrogens with one attached hydrogen (secondary N) is 1. The lowest BCUT2D eigenvalue weighted by molar-refractivity contribution is -0.141. The molecule has 0 aliphatic heterocycles. The Hall–Kier alpha value is -1.33. The minimum absolute atomic E-state index is 0.235. The highest BCUT2D eigenvalue weighted by atomic mass is 16.5. The number of aryl methyl sites for hydroxylation is 1. The van der Waals surface area contributed by atoms with Gasteiger partial charge in [0.25, 0.3) is 0 Å². The van der Waals surface area contributed by atoms with Crippen LogP contribution in [0.2, 0.25) is 0 Å². The van der Waals surface area contributed by atoms with Gasteiger partial charge < -0.3 is 19.6 Å². The highest BCUT2D eigenvalue weighted by molar-refractivity contribution is 5.69. The van der Waals surface area contributed by atoms with E-state index in [2.05, 4.69) is 10.1 Å². The van der Waals surface area contributed by atoms with Crippen LogP contribution in [0.4, 0.5) is 0 Å². The number of furan rings is 1. The van der Waals surface area contributed by atoms with Crippen LogP contribution >= 0.6 is 0 Å². The number of hydrogen-bond donors (Lipinski definition) is 2. The summed E-state index contributed by atoms with van der Waals surface area (Å²) < 4.78 is 9.85. The monoisotopic (exact) mass is 241 g/mol. The van der Waals surface area contributed by atoms with Gasteiger partial charge in [-0.05, 0) is 25.5 Å². The SMILES string of the molecule is COC(=O)CCC(O)CNCc1ccc(C)o1. The second kappa shape index (κ2) is 7.09. The third-order valence-corrected chi connectivity index (χ3v) is 2.38. The lowest BCUT2D eigenvalue weighted by Crippen LogP contribution is -2.26. The number of ether oxygens (including phenoxy) is 1. The maximum atomic E-state index is 10.8. The Kier molecular flexibility index (Phi) is 5.72. The van der Waals surface area contributed by atoms with Crippen molar-refractivity contribution in [2.75, 3.05) is 13.7 Å². The molecule has 5 heteroatoms. The molecule has 0 radical (unpaired) electrons. The Balaban J connectivity index is 2.11. The van der Waals surface area contributed by atoms with Crippen molar-refractivity contribution in [2.24, 2.45) is 0 Å². The maximum Gasteiger partial charge on any atom is 0.305 e. The molecule has 0 saturated carbocycles. The van der Waals surface area contributed by atoms with Gasteiger partial charge >= 0.3 is 5.97 Å². The van der Waals surface area contributed by atoms with Crippen LogP contribution in [0, 0.1) is 6.92 Å². The van der Waals surface area contributed by atoms with E-state index in [0.717, 1.165) is 11.5 Å². The highest BCUT2D eigenvalue weighted by Gasteiger charge is 2.08. The van der Waals surface area contributed by atoms with E-state index in [-0.39, 0.29) is 12.4 Å². The van der Waals surface area contributed by atoms with E-state index in [1.54, 1.807) is 0 Å². The van der Waals surface area contributed by atoms with Gasteiger partial charge in [-0.15, -0.1) is 0 Å². The van der Waals surface area contributed by atoms with Gasteiger partial charge in [0.1, 0.15) is 11.5 Å². The molecule has 0 fully saturated rings. The first-order valence-electron chi connectivity index (χ1n) is 5.62. The number of rotatable bonds is 7. The highest BCUT2D eigenvalue weighted by Crippen LogP contribution is 2.05. The van der Waals surface area contributed by atoms with Crippen LogP contribution in [0.1, 0.15) is 24.4 Å². The zero-order valence-electron chi connectivity index (χ0n) is 10.2. The molecular weight excluding hydrogens is 222 g/mol. The number of hydrogen-bond acceptors (Lipinski definition) is 5. The molecule has 1 unspecified atom stereocenters. The summed E-state index contributed by atoms with van der Waals surface area (Å²) >= 11 is 0. The molecule has 1 rings (SSSR count). The molecule has 0 bridgehead atoms. The molecule has 17 heavy (non-hydrogen) atoms. The van der Waals surface area contributed by atoms with E-state index in [1.807, 2.05) is 19.1 Å². The molecule has 0 spiro atoms. The molecule has 1 aromatic rings. The predicted molar refractivity (Wildman–Crippen MR) is 62.4 cm³/mol. The van der Waals surface area contributed by atoms with E-state index in [0.29, 0.717) is 19.5 Å². The fraction of sp³-hybridized carbons (Fsp3) is 0.583. The first-order chi connectivity index (χ1) is 8.11. The summed E-state index contributed by atoms with van der Waals surface area (Å²) in [4.78, 5) is 10.8. The molecule has 0 saturated heterocycles. The standard InChI is InChI=1S/C12H19NO4/c1-9-3-5-11(17-9)8-13-7-10(14)4-6-12(15)16-2/h3,5,10,13-14H,4,6-8H2,1-2H3. The Bertz CT molecular complexity index is 348. The maximum absolute atomic E-state index is 10.8. The number of aliphatic hydroxyl groups excluding tert-OH is 1. The van der Waals surface area contributed by atoms with Crippen LogP contribution in [-0.4, -0.2) is 30.8 Å². The van der Waals surface area contributed by atoms with Crippen LogP contribution < -0.4 is 5.32 Å². The third kappa shape index (κ3) is 5.51. The summed E-state index contributed by atoms with van der Waals surface area (Å²) in [5, 5.41) is 12.6. The minimum atomic E-state index is -0.551. The molecule has 1 atom stereocenters. The van der Waals surface area contributed by atoms with E-state index >= 15 is 0 Å². The third-order valence-electron chi connectivity index (χ3n) is 2.38. The van der Waals surface area contributed by atoms with Gasteiger partial charge in [-0.1, -0.05) is 0 Å².